The second-order valence-corrected chi connectivity index (χ2v) is 4.34. The maximum atomic E-state index is 11.4. The van der Waals surface area contributed by atoms with E-state index in [4.69, 9.17) is 9.47 Å². The molecule has 0 spiro atoms. The molecule has 116 valence electrons. The molecule has 6 nitrogen and oxygen atoms in total. The van der Waals surface area contributed by atoms with Gasteiger partial charge in [0, 0.05) is 19.9 Å². The van der Waals surface area contributed by atoms with E-state index < -0.39 is 0 Å². The van der Waals surface area contributed by atoms with Crippen LogP contribution in [0.2, 0.25) is 0 Å². The summed E-state index contributed by atoms with van der Waals surface area (Å²) in [4.78, 5) is 22.1. The average Bonchev–Trinajstić information content (AvgIpc) is 2.45. The molecule has 2 amide bonds. The van der Waals surface area contributed by atoms with Crippen LogP contribution in [0, 0.1) is 0 Å². The molecular formula is C15H22N2O4. The third kappa shape index (κ3) is 7.81. The number of rotatable bonds is 9. The van der Waals surface area contributed by atoms with Crippen LogP contribution in [0.4, 0.5) is 0 Å². The first-order valence-electron chi connectivity index (χ1n) is 6.98. The van der Waals surface area contributed by atoms with Gasteiger partial charge in [0.1, 0.15) is 18.1 Å². The Bertz CT molecular complexity index is 445. The Labute approximate surface area is 124 Å². The van der Waals surface area contributed by atoms with E-state index in [2.05, 4.69) is 10.6 Å². The van der Waals surface area contributed by atoms with Gasteiger partial charge in [0.05, 0.1) is 13.2 Å². The molecular weight excluding hydrogens is 272 g/mol. The molecule has 0 aliphatic carbocycles. The van der Waals surface area contributed by atoms with Gasteiger partial charge in [0.25, 0.3) is 0 Å². The molecule has 0 aromatic heterocycles. The van der Waals surface area contributed by atoms with Gasteiger partial charge in [-0.2, -0.15) is 0 Å². The van der Waals surface area contributed by atoms with Crippen molar-refractivity contribution in [3.63, 3.8) is 0 Å². The van der Waals surface area contributed by atoms with Gasteiger partial charge in [0.2, 0.25) is 11.8 Å². The number of amides is 2. The topological polar surface area (TPSA) is 76.7 Å². The summed E-state index contributed by atoms with van der Waals surface area (Å²) in [6, 6.07) is 7.32. The fourth-order valence-corrected chi connectivity index (χ4v) is 1.60. The van der Waals surface area contributed by atoms with E-state index in [0.717, 1.165) is 11.5 Å². The average molecular weight is 294 g/mol. The molecule has 0 fully saturated rings. The molecule has 21 heavy (non-hydrogen) atoms. The molecule has 1 aromatic rings. The molecule has 2 N–H and O–H groups in total. The third-order valence-corrected chi connectivity index (χ3v) is 2.55. The minimum absolute atomic E-state index is 0.112. The second-order valence-electron chi connectivity index (χ2n) is 4.34. The van der Waals surface area contributed by atoms with Gasteiger partial charge in [-0.15, -0.1) is 0 Å². The van der Waals surface area contributed by atoms with Crippen molar-refractivity contribution in [2.45, 2.75) is 20.3 Å². The Kier molecular flexibility index (Phi) is 7.71. The van der Waals surface area contributed by atoms with E-state index in [1.807, 2.05) is 31.2 Å². The Morgan fingerprint density at radius 2 is 1.62 bits per heavy atom. The largest absolute Gasteiger partial charge is 0.494 e. The van der Waals surface area contributed by atoms with Crippen LogP contribution < -0.4 is 20.1 Å². The minimum atomic E-state index is -0.137. The zero-order chi connectivity index (χ0) is 15.5. The number of hydrogen-bond acceptors (Lipinski definition) is 4. The van der Waals surface area contributed by atoms with Crippen molar-refractivity contribution in [1.29, 1.82) is 0 Å². The summed E-state index contributed by atoms with van der Waals surface area (Å²) in [5, 5.41) is 5.28. The molecule has 0 saturated heterocycles. The summed E-state index contributed by atoms with van der Waals surface area (Å²) in [6.07, 6.45) is 0.267. The van der Waals surface area contributed by atoms with Crippen molar-refractivity contribution in [3.05, 3.63) is 24.3 Å². The maximum absolute atomic E-state index is 11.4. The van der Waals surface area contributed by atoms with Crippen molar-refractivity contribution < 1.29 is 19.1 Å². The second kappa shape index (κ2) is 9.63. The van der Waals surface area contributed by atoms with E-state index in [0.29, 0.717) is 26.3 Å². The van der Waals surface area contributed by atoms with Crippen molar-refractivity contribution in [2.75, 3.05) is 26.3 Å². The number of ether oxygens (including phenoxy) is 2. The van der Waals surface area contributed by atoms with Gasteiger partial charge in [-0.3, -0.25) is 9.59 Å². The monoisotopic (exact) mass is 294 g/mol. The number of benzene rings is 1. The van der Waals surface area contributed by atoms with Gasteiger partial charge in [-0.25, -0.2) is 0 Å². The van der Waals surface area contributed by atoms with Crippen molar-refractivity contribution in [3.8, 4) is 11.5 Å². The summed E-state index contributed by atoms with van der Waals surface area (Å²) < 4.78 is 10.8. The lowest BCUT2D eigenvalue weighted by Gasteiger charge is -2.09. The highest BCUT2D eigenvalue weighted by molar-refractivity contribution is 5.77. The summed E-state index contributed by atoms with van der Waals surface area (Å²) >= 11 is 0. The van der Waals surface area contributed by atoms with Crippen LogP contribution in [-0.4, -0.2) is 38.1 Å². The molecule has 0 aliphatic heterocycles. The molecule has 1 rings (SSSR count). The van der Waals surface area contributed by atoms with Crippen LogP contribution in [0.3, 0.4) is 0 Å². The zero-order valence-electron chi connectivity index (χ0n) is 12.5. The van der Waals surface area contributed by atoms with E-state index in [-0.39, 0.29) is 18.2 Å². The number of carbonyl (C=O) groups is 2. The minimum Gasteiger partial charge on any atom is -0.494 e. The van der Waals surface area contributed by atoms with Crippen molar-refractivity contribution >= 4 is 11.8 Å². The van der Waals surface area contributed by atoms with Crippen LogP contribution in [-0.2, 0) is 9.59 Å². The normalized spacial score (nSPS) is 9.81. The highest BCUT2D eigenvalue weighted by Gasteiger charge is 2.01. The Hall–Kier alpha value is -2.24. The fraction of sp³-hybridized carbons (Fsp3) is 0.467. The summed E-state index contributed by atoms with van der Waals surface area (Å²) in [5.74, 6) is 1.28. The standard InChI is InChI=1S/C15H22N2O4/c1-3-20-13-4-6-14(7-5-13)21-11-10-17-15(19)8-9-16-12(2)18/h4-7H,3,8-11H2,1-2H3,(H,16,18)(H,17,19). The molecule has 0 unspecified atom stereocenters. The smallest absolute Gasteiger partial charge is 0.221 e. The molecule has 6 heteroatoms. The first-order chi connectivity index (χ1) is 10.1. The molecule has 0 aliphatic rings. The van der Waals surface area contributed by atoms with Crippen LogP contribution in [0.25, 0.3) is 0 Å². The first kappa shape index (κ1) is 16.8. The Morgan fingerprint density at radius 1 is 1.00 bits per heavy atom. The van der Waals surface area contributed by atoms with Crippen molar-refractivity contribution in [2.24, 2.45) is 0 Å². The summed E-state index contributed by atoms with van der Waals surface area (Å²) in [6.45, 7) is 5.14. The lowest BCUT2D eigenvalue weighted by molar-refractivity contribution is -0.121. The van der Waals surface area contributed by atoms with E-state index >= 15 is 0 Å². The molecule has 0 atom stereocenters. The van der Waals surface area contributed by atoms with Crippen molar-refractivity contribution in [1.82, 2.24) is 10.6 Å². The molecule has 1 aromatic carbocycles. The quantitative estimate of drug-likeness (QED) is 0.669. The number of hydrogen-bond donors (Lipinski definition) is 2. The summed E-state index contributed by atoms with van der Waals surface area (Å²) in [5.41, 5.74) is 0. The van der Waals surface area contributed by atoms with Crippen LogP contribution in [0.15, 0.2) is 24.3 Å². The van der Waals surface area contributed by atoms with E-state index in [9.17, 15) is 9.59 Å². The van der Waals surface area contributed by atoms with Gasteiger partial charge in [0.15, 0.2) is 0 Å². The summed E-state index contributed by atoms with van der Waals surface area (Å²) in [7, 11) is 0. The number of nitrogens with one attached hydrogen (secondary N) is 2. The number of carbonyl (C=O) groups excluding carboxylic acids is 2. The van der Waals surface area contributed by atoms with Gasteiger partial charge < -0.3 is 20.1 Å². The van der Waals surface area contributed by atoms with Gasteiger partial charge in [-0.05, 0) is 31.2 Å². The lowest BCUT2D eigenvalue weighted by atomic mass is 10.3. The van der Waals surface area contributed by atoms with E-state index in [1.165, 1.54) is 6.92 Å². The Balaban J connectivity index is 2.13. The third-order valence-electron chi connectivity index (χ3n) is 2.55. The lowest BCUT2D eigenvalue weighted by Crippen LogP contribution is -2.31. The van der Waals surface area contributed by atoms with Crippen LogP contribution >= 0.6 is 0 Å². The van der Waals surface area contributed by atoms with Gasteiger partial charge in [-0.1, -0.05) is 0 Å². The first-order valence-corrected chi connectivity index (χ1v) is 6.98. The Morgan fingerprint density at radius 3 is 2.19 bits per heavy atom. The van der Waals surface area contributed by atoms with Crippen LogP contribution in [0.5, 0.6) is 11.5 Å². The molecule has 0 bridgehead atoms. The van der Waals surface area contributed by atoms with Crippen LogP contribution in [0.1, 0.15) is 20.3 Å². The van der Waals surface area contributed by atoms with Gasteiger partial charge >= 0.3 is 0 Å². The molecule has 0 radical (unpaired) electrons. The van der Waals surface area contributed by atoms with E-state index in [1.54, 1.807) is 0 Å². The predicted molar refractivity (Wildman–Crippen MR) is 79.4 cm³/mol. The molecule has 0 saturated carbocycles. The highest BCUT2D eigenvalue weighted by atomic mass is 16.5. The SMILES string of the molecule is CCOc1ccc(OCCNC(=O)CCNC(C)=O)cc1. The molecule has 0 heterocycles. The predicted octanol–water partition coefficient (Wildman–Crippen LogP) is 1.11. The maximum Gasteiger partial charge on any atom is 0.221 e. The highest BCUT2D eigenvalue weighted by Crippen LogP contribution is 2.17. The zero-order valence-corrected chi connectivity index (χ0v) is 12.5. The fourth-order valence-electron chi connectivity index (χ4n) is 1.60.